The van der Waals surface area contributed by atoms with E-state index in [0.717, 1.165) is 23.5 Å². The van der Waals surface area contributed by atoms with Crippen LogP contribution in [0.5, 0.6) is 0 Å². The van der Waals surface area contributed by atoms with Gasteiger partial charge >= 0.3 is 0 Å². The second kappa shape index (κ2) is 5.27. The quantitative estimate of drug-likeness (QED) is 0.897. The molecule has 2 heterocycles. The first-order chi connectivity index (χ1) is 8.15. The first-order valence-corrected chi connectivity index (χ1v) is 6.63. The minimum absolute atomic E-state index is 0.509. The molecule has 17 heavy (non-hydrogen) atoms. The summed E-state index contributed by atoms with van der Waals surface area (Å²) in [5, 5.41) is 6.65. The lowest BCUT2D eigenvalue weighted by atomic mass is 10.2. The van der Waals surface area contributed by atoms with Gasteiger partial charge in [-0.05, 0) is 18.6 Å². The number of hydrogen-bond acceptors (Lipinski definition) is 4. The summed E-state index contributed by atoms with van der Waals surface area (Å²) in [4.78, 5) is 8.73. The number of anilines is 1. The molecule has 0 bridgehead atoms. The number of thiazole rings is 1. The van der Waals surface area contributed by atoms with Crippen LogP contribution in [0.3, 0.4) is 0 Å². The number of rotatable bonds is 4. The zero-order valence-corrected chi connectivity index (χ0v) is 11.2. The lowest BCUT2D eigenvalue weighted by Gasteiger charge is -2.04. The Hall–Kier alpha value is -1.42. The molecule has 0 aliphatic heterocycles. The molecular formula is C13H17N3S. The van der Waals surface area contributed by atoms with Gasteiger partial charge in [-0.2, -0.15) is 0 Å². The fourth-order valence-electron chi connectivity index (χ4n) is 1.51. The molecule has 0 unspecified atom stereocenters. The van der Waals surface area contributed by atoms with Gasteiger partial charge in [0.1, 0.15) is 0 Å². The average Bonchev–Trinajstić information content (AvgIpc) is 2.75. The Morgan fingerprint density at radius 1 is 1.35 bits per heavy atom. The summed E-state index contributed by atoms with van der Waals surface area (Å²) in [5.74, 6) is 0.509. The standard InChI is InChI=1S/C13H17N3S/c1-9(2)13-16-12(8-17-13)7-15-11-4-10(3)5-14-6-11/h4-6,8-9,15H,7H2,1-3H3. The van der Waals surface area contributed by atoms with Crippen molar-refractivity contribution in [2.75, 3.05) is 5.32 Å². The molecule has 3 nitrogen and oxygen atoms in total. The number of aromatic nitrogens is 2. The molecule has 0 saturated heterocycles. The van der Waals surface area contributed by atoms with E-state index in [4.69, 9.17) is 0 Å². The van der Waals surface area contributed by atoms with Crippen molar-refractivity contribution in [3.8, 4) is 0 Å². The summed E-state index contributed by atoms with van der Waals surface area (Å²) in [6, 6.07) is 2.09. The normalized spacial score (nSPS) is 10.8. The maximum absolute atomic E-state index is 4.58. The Bertz CT molecular complexity index is 491. The van der Waals surface area contributed by atoms with Crippen LogP contribution in [0, 0.1) is 6.92 Å². The number of nitrogens with one attached hydrogen (secondary N) is 1. The molecule has 4 heteroatoms. The summed E-state index contributed by atoms with van der Waals surface area (Å²) in [7, 11) is 0. The molecule has 0 radical (unpaired) electrons. The predicted octanol–water partition coefficient (Wildman–Crippen LogP) is 3.58. The van der Waals surface area contributed by atoms with Crippen molar-refractivity contribution in [3.05, 3.63) is 40.1 Å². The van der Waals surface area contributed by atoms with E-state index >= 15 is 0 Å². The number of pyridine rings is 1. The molecule has 2 rings (SSSR count). The second-order valence-corrected chi connectivity index (χ2v) is 5.33. The highest BCUT2D eigenvalue weighted by molar-refractivity contribution is 7.09. The van der Waals surface area contributed by atoms with Crippen LogP contribution in [0.2, 0.25) is 0 Å². The smallest absolute Gasteiger partial charge is 0.0954 e. The fraction of sp³-hybridized carbons (Fsp3) is 0.385. The Morgan fingerprint density at radius 2 is 2.18 bits per heavy atom. The SMILES string of the molecule is Cc1cncc(NCc2csc(C(C)C)n2)c1. The van der Waals surface area contributed by atoms with Crippen LogP contribution in [0.15, 0.2) is 23.8 Å². The molecule has 2 aromatic heterocycles. The Morgan fingerprint density at radius 3 is 2.82 bits per heavy atom. The number of hydrogen-bond donors (Lipinski definition) is 1. The van der Waals surface area contributed by atoms with Crippen molar-refractivity contribution in [2.45, 2.75) is 33.2 Å². The maximum Gasteiger partial charge on any atom is 0.0954 e. The maximum atomic E-state index is 4.58. The average molecular weight is 247 g/mol. The number of aryl methyl sites for hydroxylation is 1. The molecule has 1 N–H and O–H groups in total. The minimum atomic E-state index is 0.509. The van der Waals surface area contributed by atoms with Crippen LogP contribution in [-0.2, 0) is 6.54 Å². The molecule has 0 aliphatic rings. The van der Waals surface area contributed by atoms with Gasteiger partial charge in [0.15, 0.2) is 0 Å². The van der Waals surface area contributed by atoms with Crippen LogP contribution in [0.25, 0.3) is 0 Å². The Kier molecular flexibility index (Phi) is 3.74. The summed E-state index contributed by atoms with van der Waals surface area (Å²) in [6.45, 7) is 7.13. The predicted molar refractivity (Wildman–Crippen MR) is 72.5 cm³/mol. The van der Waals surface area contributed by atoms with Gasteiger partial charge < -0.3 is 5.32 Å². The minimum Gasteiger partial charge on any atom is -0.378 e. The lowest BCUT2D eigenvalue weighted by Crippen LogP contribution is -2.00. The summed E-state index contributed by atoms with van der Waals surface area (Å²) in [6.07, 6.45) is 3.69. The Balaban J connectivity index is 1.97. The highest BCUT2D eigenvalue weighted by Gasteiger charge is 2.05. The Labute approximate surface area is 106 Å². The molecule has 0 saturated carbocycles. The third kappa shape index (κ3) is 3.27. The molecule has 0 fully saturated rings. The van der Waals surface area contributed by atoms with Gasteiger partial charge in [0.05, 0.1) is 22.9 Å². The molecule has 2 aromatic rings. The summed E-state index contributed by atoms with van der Waals surface area (Å²) < 4.78 is 0. The van der Waals surface area contributed by atoms with Gasteiger partial charge in [0.2, 0.25) is 0 Å². The van der Waals surface area contributed by atoms with Crippen molar-refractivity contribution in [3.63, 3.8) is 0 Å². The molecule has 0 aliphatic carbocycles. The molecule has 0 spiro atoms. The highest BCUT2D eigenvalue weighted by Crippen LogP contribution is 2.19. The van der Waals surface area contributed by atoms with E-state index in [0.29, 0.717) is 5.92 Å². The van der Waals surface area contributed by atoms with Crippen LogP contribution < -0.4 is 5.32 Å². The van der Waals surface area contributed by atoms with E-state index in [1.54, 1.807) is 11.3 Å². The lowest BCUT2D eigenvalue weighted by molar-refractivity contribution is 0.841. The zero-order chi connectivity index (χ0) is 12.3. The third-order valence-electron chi connectivity index (χ3n) is 2.41. The van der Waals surface area contributed by atoms with Crippen LogP contribution >= 0.6 is 11.3 Å². The zero-order valence-electron chi connectivity index (χ0n) is 10.4. The third-order valence-corrected chi connectivity index (χ3v) is 3.61. The molecule has 0 amide bonds. The van der Waals surface area contributed by atoms with Crippen LogP contribution in [0.4, 0.5) is 5.69 Å². The first kappa shape index (κ1) is 12.0. The number of nitrogens with zero attached hydrogens (tertiary/aromatic N) is 2. The highest BCUT2D eigenvalue weighted by atomic mass is 32.1. The van der Waals surface area contributed by atoms with Crippen molar-refractivity contribution in [2.24, 2.45) is 0 Å². The van der Waals surface area contributed by atoms with Crippen molar-refractivity contribution in [1.82, 2.24) is 9.97 Å². The van der Waals surface area contributed by atoms with E-state index in [-0.39, 0.29) is 0 Å². The van der Waals surface area contributed by atoms with E-state index < -0.39 is 0 Å². The van der Waals surface area contributed by atoms with Gasteiger partial charge in [-0.25, -0.2) is 4.98 Å². The van der Waals surface area contributed by atoms with Crippen LogP contribution in [0.1, 0.15) is 36.0 Å². The van der Waals surface area contributed by atoms with E-state index in [1.165, 1.54) is 5.01 Å². The topological polar surface area (TPSA) is 37.8 Å². The summed E-state index contributed by atoms with van der Waals surface area (Å²) >= 11 is 1.73. The second-order valence-electron chi connectivity index (χ2n) is 4.44. The monoisotopic (exact) mass is 247 g/mol. The van der Waals surface area contributed by atoms with Gasteiger partial charge in [-0.3, -0.25) is 4.98 Å². The molecule has 0 aromatic carbocycles. The summed E-state index contributed by atoms with van der Waals surface area (Å²) in [5.41, 5.74) is 3.31. The van der Waals surface area contributed by atoms with Crippen molar-refractivity contribution in [1.29, 1.82) is 0 Å². The van der Waals surface area contributed by atoms with E-state index in [2.05, 4.69) is 40.6 Å². The van der Waals surface area contributed by atoms with E-state index in [9.17, 15) is 0 Å². The van der Waals surface area contributed by atoms with Crippen molar-refractivity contribution >= 4 is 17.0 Å². The van der Waals surface area contributed by atoms with Gasteiger partial charge in [-0.15, -0.1) is 11.3 Å². The molecule has 0 atom stereocenters. The van der Waals surface area contributed by atoms with Crippen molar-refractivity contribution < 1.29 is 0 Å². The van der Waals surface area contributed by atoms with Gasteiger partial charge in [-0.1, -0.05) is 13.8 Å². The molecular weight excluding hydrogens is 230 g/mol. The fourth-order valence-corrected chi connectivity index (χ4v) is 2.35. The molecule has 90 valence electrons. The van der Waals surface area contributed by atoms with E-state index in [1.807, 2.05) is 19.3 Å². The van der Waals surface area contributed by atoms with Crippen LogP contribution in [-0.4, -0.2) is 9.97 Å². The van der Waals surface area contributed by atoms with Gasteiger partial charge in [0, 0.05) is 23.7 Å². The van der Waals surface area contributed by atoms with Gasteiger partial charge in [0.25, 0.3) is 0 Å². The first-order valence-electron chi connectivity index (χ1n) is 5.75. The largest absolute Gasteiger partial charge is 0.378 e.